The van der Waals surface area contributed by atoms with Gasteiger partial charge in [-0.2, -0.15) is 0 Å². The molecular weight excluding hydrogens is 394 g/mol. The molecule has 2 aromatic heterocycles. The zero-order valence-corrected chi connectivity index (χ0v) is 17.2. The van der Waals surface area contributed by atoms with E-state index in [4.69, 9.17) is 21.1 Å². The summed E-state index contributed by atoms with van der Waals surface area (Å²) in [7, 11) is 1.50. The number of aromatic nitrogens is 4. The number of pyridine rings is 1. The average Bonchev–Trinajstić information content (AvgIpc) is 3.13. The summed E-state index contributed by atoms with van der Waals surface area (Å²) >= 11 is 6.31. The molecule has 0 saturated carbocycles. The molecule has 9 heteroatoms. The van der Waals surface area contributed by atoms with Crippen molar-refractivity contribution in [1.82, 2.24) is 19.7 Å². The Balaban J connectivity index is 1.71. The lowest BCUT2D eigenvalue weighted by molar-refractivity contribution is 0.102. The summed E-state index contributed by atoms with van der Waals surface area (Å²) < 4.78 is 12.7. The minimum Gasteiger partial charge on any atom is -0.493 e. The van der Waals surface area contributed by atoms with Crippen LogP contribution < -0.4 is 14.8 Å². The molecule has 1 aromatic carbocycles. The standard InChI is InChI=1S/C20H22ClN5O3/c1-13(2)11-29-18-16(21)7-15(8-17(18)28-3)19(27)24-20-23-12-26(25-20)10-14-5-4-6-22-9-14/h4-9,12-13H,10-11H2,1-3H3,(H,24,25,27). The minimum atomic E-state index is -0.403. The van der Waals surface area contributed by atoms with E-state index in [1.807, 2.05) is 26.0 Å². The Bertz CT molecular complexity index is 976. The van der Waals surface area contributed by atoms with E-state index in [-0.39, 0.29) is 5.95 Å². The van der Waals surface area contributed by atoms with Crippen molar-refractivity contribution in [1.29, 1.82) is 0 Å². The maximum atomic E-state index is 12.6. The topological polar surface area (TPSA) is 91.2 Å². The number of rotatable bonds is 8. The molecule has 0 aliphatic carbocycles. The molecule has 8 nitrogen and oxygen atoms in total. The first-order chi connectivity index (χ1) is 14.0. The van der Waals surface area contributed by atoms with E-state index in [1.54, 1.807) is 29.5 Å². The fraction of sp³-hybridized carbons (Fsp3) is 0.300. The summed E-state index contributed by atoms with van der Waals surface area (Å²) in [4.78, 5) is 20.8. The minimum absolute atomic E-state index is 0.189. The van der Waals surface area contributed by atoms with Crippen LogP contribution in [0.2, 0.25) is 5.02 Å². The second kappa shape index (κ2) is 9.38. The number of amides is 1. The summed E-state index contributed by atoms with van der Waals surface area (Å²) in [6, 6.07) is 6.88. The average molecular weight is 416 g/mol. The summed E-state index contributed by atoms with van der Waals surface area (Å²) in [6.07, 6.45) is 4.99. The van der Waals surface area contributed by atoms with Crippen LogP contribution in [0.5, 0.6) is 11.5 Å². The number of ether oxygens (including phenoxy) is 2. The number of carbonyl (C=O) groups excluding carboxylic acids is 1. The van der Waals surface area contributed by atoms with Crippen LogP contribution in [-0.4, -0.2) is 39.4 Å². The zero-order valence-electron chi connectivity index (χ0n) is 16.4. The van der Waals surface area contributed by atoms with Crippen molar-refractivity contribution >= 4 is 23.5 Å². The highest BCUT2D eigenvalue weighted by Gasteiger charge is 2.17. The first kappa shape index (κ1) is 20.6. The Kier molecular flexibility index (Phi) is 6.66. The quantitative estimate of drug-likeness (QED) is 0.603. The molecule has 29 heavy (non-hydrogen) atoms. The van der Waals surface area contributed by atoms with Crippen molar-refractivity contribution < 1.29 is 14.3 Å². The third-order valence-corrected chi connectivity index (χ3v) is 4.16. The third-order valence-electron chi connectivity index (χ3n) is 3.88. The van der Waals surface area contributed by atoms with Gasteiger partial charge in [-0.25, -0.2) is 9.67 Å². The monoisotopic (exact) mass is 415 g/mol. The van der Waals surface area contributed by atoms with Gasteiger partial charge in [-0.15, -0.1) is 5.10 Å². The molecule has 1 amide bonds. The second-order valence-electron chi connectivity index (χ2n) is 6.78. The number of halogens is 1. The molecule has 0 aliphatic heterocycles. The third kappa shape index (κ3) is 5.45. The molecule has 0 spiro atoms. The van der Waals surface area contributed by atoms with Crippen LogP contribution in [-0.2, 0) is 6.54 Å². The first-order valence-electron chi connectivity index (χ1n) is 9.06. The maximum absolute atomic E-state index is 12.6. The van der Waals surface area contributed by atoms with E-state index in [0.29, 0.717) is 41.2 Å². The second-order valence-corrected chi connectivity index (χ2v) is 7.18. The molecule has 0 radical (unpaired) electrons. The molecule has 0 fully saturated rings. The van der Waals surface area contributed by atoms with Crippen LogP contribution in [0.25, 0.3) is 0 Å². The molecule has 0 unspecified atom stereocenters. The van der Waals surface area contributed by atoms with Gasteiger partial charge in [0.25, 0.3) is 5.91 Å². The number of hydrogen-bond acceptors (Lipinski definition) is 6. The number of benzene rings is 1. The van der Waals surface area contributed by atoms with E-state index < -0.39 is 5.91 Å². The number of carbonyl (C=O) groups is 1. The summed E-state index contributed by atoms with van der Waals surface area (Å²) in [5.41, 5.74) is 1.29. The Morgan fingerprint density at radius 3 is 2.86 bits per heavy atom. The van der Waals surface area contributed by atoms with Crippen LogP contribution in [0.1, 0.15) is 29.8 Å². The Hall–Kier alpha value is -3.13. The van der Waals surface area contributed by atoms with Crippen molar-refractivity contribution in [3.8, 4) is 11.5 Å². The molecule has 0 bridgehead atoms. The predicted octanol–water partition coefficient (Wildman–Crippen LogP) is 3.67. The molecule has 0 saturated heterocycles. The fourth-order valence-electron chi connectivity index (χ4n) is 2.52. The van der Waals surface area contributed by atoms with Crippen LogP contribution >= 0.6 is 11.6 Å². The van der Waals surface area contributed by atoms with Gasteiger partial charge in [-0.1, -0.05) is 31.5 Å². The molecule has 1 N–H and O–H groups in total. The van der Waals surface area contributed by atoms with Crippen molar-refractivity contribution in [2.45, 2.75) is 20.4 Å². The summed E-state index contributed by atoms with van der Waals surface area (Å²) in [6.45, 7) is 5.05. The van der Waals surface area contributed by atoms with Crippen LogP contribution in [0, 0.1) is 5.92 Å². The molecule has 2 heterocycles. The lowest BCUT2D eigenvalue weighted by Crippen LogP contribution is -2.14. The van der Waals surface area contributed by atoms with Crippen molar-refractivity contribution in [2.24, 2.45) is 5.92 Å². The highest BCUT2D eigenvalue weighted by atomic mass is 35.5. The van der Waals surface area contributed by atoms with Gasteiger partial charge in [0.1, 0.15) is 6.33 Å². The normalized spacial score (nSPS) is 10.8. The highest BCUT2D eigenvalue weighted by molar-refractivity contribution is 6.32. The number of anilines is 1. The molecule has 152 valence electrons. The smallest absolute Gasteiger partial charge is 0.258 e. The molecule has 0 atom stereocenters. The van der Waals surface area contributed by atoms with Gasteiger partial charge in [0.15, 0.2) is 11.5 Å². The number of nitrogens with zero attached hydrogens (tertiary/aromatic N) is 4. The molecule has 3 aromatic rings. The lowest BCUT2D eigenvalue weighted by atomic mass is 10.2. The van der Waals surface area contributed by atoms with Crippen molar-refractivity contribution in [2.75, 3.05) is 19.0 Å². The first-order valence-corrected chi connectivity index (χ1v) is 9.44. The Morgan fingerprint density at radius 1 is 1.34 bits per heavy atom. The maximum Gasteiger partial charge on any atom is 0.258 e. The van der Waals surface area contributed by atoms with Gasteiger partial charge < -0.3 is 9.47 Å². The Morgan fingerprint density at radius 2 is 2.17 bits per heavy atom. The van der Waals surface area contributed by atoms with Crippen molar-refractivity contribution in [3.05, 3.63) is 59.1 Å². The van der Waals surface area contributed by atoms with Gasteiger partial charge in [0, 0.05) is 18.0 Å². The van der Waals surface area contributed by atoms with E-state index in [0.717, 1.165) is 5.56 Å². The Labute approximate surface area is 173 Å². The van der Waals surface area contributed by atoms with Crippen LogP contribution in [0.3, 0.4) is 0 Å². The van der Waals surface area contributed by atoms with E-state index in [2.05, 4.69) is 20.4 Å². The summed E-state index contributed by atoms with van der Waals surface area (Å²) in [5, 5.41) is 7.22. The number of hydrogen-bond donors (Lipinski definition) is 1. The molecule has 3 rings (SSSR count). The highest BCUT2D eigenvalue weighted by Crippen LogP contribution is 2.36. The van der Waals surface area contributed by atoms with Crippen LogP contribution in [0.15, 0.2) is 43.0 Å². The largest absolute Gasteiger partial charge is 0.493 e. The fourth-order valence-corrected chi connectivity index (χ4v) is 2.79. The van der Waals surface area contributed by atoms with Gasteiger partial charge >= 0.3 is 0 Å². The number of nitrogens with one attached hydrogen (secondary N) is 1. The van der Waals surface area contributed by atoms with Crippen molar-refractivity contribution in [3.63, 3.8) is 0 Å². The van der Waals surface area contributed by atoms with Crippen LogP contribution in [0.4, 0.5) is 5.95 Å². The van der Waals surface area contributed by atoms with Gasteiger partial charge in [-0.3, -0.25) is 15.1 Å². The predicted molar refractivity (Wildman–Crippen MR) is 110 cm³/mol. The molecule has 0 aliphatic rings. The SMILES string of the molecule is COc1cc(C(=O)Nc2ncn(Cc3cccnc3)n2)cc(Cl)c1OCC(C)C. The number of methoxy groups -OCH3 is 1. The van der Waals surface area contributed by atoms with E-state index in [9.17, 15) is 4.79 Å². The molecular formula is C20H22ClN5O3. The van der Waals surface area contributed by atoms with E-state index in [1.165, 1.54) is 13.2 Å². The van der Waals surface area contributed by atoms with E-state index >= 15 is 0 Å². The summed E-state index contributed by atoms with van der Waals surface area (Å²) in [5.74, 6) is 0.914. The lowest BCUT2D eigenvalue weighted by Gasteiger charge is -2.15. The van der Waals surface area contributed by atoms with Gasteiger partial charge in [-0.05, 0) is 29.7 Å². The van der Waals surface area contributed by atoms with Gasteiger partial charge in [0.2, 0.25) is 5.95 Å². The van der Waals surface area contributed by atoms with Gasteiger partial charge in [0.05, 0.1) is 25.3 Å². The zero-order chi connectivity index (χ0) is 20.8.